The number of Topliss-reactive ketones (excluding diaryl/α,β-unsaturated/α-hetero) is 1. The number of hydrogen-bond acceptors (Lipinski definition) is 2. The molecule has 0 N–H and O–H groups in total. The monoisotopic (exact) mass is 210 g/mol. The smallest absolute Gasteiger partial charge is 0.139 e. The summed E-state index contributed by atoms with van der Waals surface area (Å²) in [4.78, 5) is 12.2. The molecule has 0 aromatic rings. The highest BCUT2D eigenvalue weighted by Crippen LogP contribution is 2.49. The molecule has 3 atom stereocenters. The van der Waals surface area contributed by atoms with Gasteiger partial charge in [-0.1, -0.05) is 19.8 Å². The number of carbonyl (C=O) groups is 1. The fraction of sp³-hybridized carbons (Fsp3) is 0.923. The Labute approximate surface area is 92.4 Å². The average molecular weight is 210 g/mol. The van der Waals surface area contributed by atoms with Crippen LogP contribution in [0.2, 0.25) is 0 Å². The molecule has 0 saturated heterocycles. The lowest BCUT2D eigenvalue weighted by Gasteiger charge is -2.31. The summed E-state index contributed by atoms with van der Waals surface area (Å²) in [5, 5.41) is 0. The summed E-state index contributed by atoms with van der Waals surface area (Å²) in [6.45, 7) is 2.17. The molecule has 2 heteroatoms. The Kier molecular flexibility index (Phi) is 3.15. The Morgan fingerprint density at radius 1 is 1.33 bits per heavy atom. The van der Waals surface area contributed by atoms with E-state index in [2.05, 4.69) is 6.92 Å². The Balaban J connectivity index is 2.16. The minimum Gasteiger partial charge on any atom is -0.381 e. The number of rotatable bonds is 1. The number of ketones is 1. The van der Waals surface area contributed by atoms with Crippen LogP contribution in [0, 0.1) is 11.3 Å². The van der Waals surface area contributed by atoms with E-state index >= 15 is 0 Å². The second-order valence-corrected chi connectivity index (χ2v) is 5.43. The topological polar surface area (TPSA) is 26.3 Å². The van der Waals surface area contributed by atoms with E-state index in [0.29, 0.717) is 17.8 Å². The van der Waals surface area contributed by atoms with Crippen molar-refractivity contribution < 1.29 is 9.53 Å². The Hall–Kier alpha value is -0.370. The highest BCUT2D eigenvalue weighted by Gasteiger charge is 2.48. The van der Waals surface area contributed by atoms with Crippen LogP contribution in [0.1, 0.15) is 51.9 Å². The van der Waals surface area contributed by atoms with E-state index < -0.39 is 0 Å². The first-order chi connectivity index (χ1) is 7.16. The summed E-state index contributed by atoms with van der Waals surface area (Å²) < 4.78 is 5.45. The van der Waals surface area contributed by atoms with Crippen molar-refractivity contribution in [2.45, 2.75) is 58.0 Å². The zero-order chi connectivity index (χ0) is 10.9. The van der Waals surface area contributed by atoms with Gasteiger partial charge in [-0.05, 0) is 31.6 Å². The van der Waals surface area contributed by atoms with E-state index in [1.807, 2.05) is 0 Å². The summed E-state index contributed by atoms with van der Waals surface area (Å²) >= 11 is 0. The molecule has 0 aromatic carbocycles. The van der Waals surface area contributed by atoms with Crippen LogP contribution in [0.4, 0.5) is 0 Å². The van der Waals surface area contributed by atoms with E-state index in [4.69, 9.17) is 4.74 Å². The first-order valence-corrected chi connectivity index (χ1v) is 6.23. The lowest BCUT2D eigenvalue weighted by atomic mass is 9.71. The molecule has 0 aliphatic heterocycles. The van der Waals surface area contributed by atoms with E-state index in [0.717, 1.165) is 25.7 Å². The molecule has 0 spiro atoms. The van der Waals surface area contributed by atoms with E-state index in [1.165, 1.54) is 19.3 Å². The molecule has 0 aromatic heterocycles. The molecule has 0 bridgehead atoms. The van der Waals surface area contributed by atoms with Crippen molar-refractivity contribution in [1.82, 2.24) is 0 Å². The van der Waals surface area contributed by atoms with Crippen LogP contribution >= 0.6 is 0 Å². The number of fused-ring (bicyclic) bond motifs is 1. The van der Waals surface area contributed by atoms with E-state index in [-0.39, 0.29) is 5.41 Å². The first kappa shape index (κ1) is 11.1. The van der Waals surface area contributed by atoms with Crippen LogP contribution in [0.25, 0.3) is 0 Å². The number of carbonyl (C=O) groups excluding carboxylic acids is 1. The van der Waals surface area contributed by atoms with Gasteiger partial charge in [-0.25, -0.2) is 0 Å². The Morgan fingerprint density at radius 2 is 2.13 bits per heavy atom. The van der Waals surface area contributed by atoms with Crippen molar-refractivity contribution in [2.75, 3.05) is 7.11 Å². The van der Waals surface area contributed by atoms with Gasteiger partial charge < -0.3 is 4.74 Å². The van der Waals surface area contributed by atoms with Gasteiger partial charge >= 0.3 is 0 Å². The highest BCUT2D eigenvalue weighted by molar-refractivity contribution is 5.85. The maximum absolute atomic E-state index is 12.2. The molecule has 2 aliphatic rings. The quantitative estimate of drug-likeness (QED) is 0.665. The third-order valence-corrected chi connectivity index (χ3v) is 4.53. The summed E-state index contributed by atoms with van der Waals surface area (Å²) in [6, 6.07) is 0. The second kappa shape index (κ2) is 4.25. The zero-order valence-corrected chi connectivity index (χ0v) is 9.92. The molecule has 0 amide bonds. The zero-order valence-electron chi connectivity index (χ0n) is 9.92. The fourth-order valence-corrected chi connectivity index (χ4v) is 3.40. The summed E-state index contributed by atoms with van der Waals surface area (Å²) in [5.74, 6) is 1.07. The van der Waals surface area contributed by atoms with Crippen LogP contribution in [-0.2, 0) is 9.53 Å². The fourth-order valence-electron chi connectivity index (χ4n) is 3.40. The van der Waals surface area contributed by atoms with Crippen molar-refractivity contribution in [3.05, 3.63) is 0 Å². The third kappa shape index (κ3) is 1.96. The summed E-state index contributed by atoms with van der Waals surface area (Å²) in [5.41, 5.74) is -0.0684. The van der Waals surface area contributed by atoms with Crippen molar-refractivity contribution in [2.24, 2.45) is 11.3 Å². The Morgan fingerprint density at radius 3 is 2.87 bits per heavy atom. The second-order valence-electron chi connectivity index (χ2n) is 5.43. The van der Waals surface area contributed by atoms with Gasteiger partial charge in [-0.3, -0.25) is 4.79 Å². The van der Waals surface area contributed by atoms with E-state index in [1.54, 1.807) is 7.11 Å². The predicted molar refractivity (Wildman–Crippen MR) is 59.7 cm³/mol. The van der Waals surface area contributed by atoms with Crippen molar-refractivity contribution in [1.29, 1.82) is 0 Å². The number of hydrogen-bond donors (Lipinski definition) is 0. The molecular formula is C13H22O2. The Bertz CT molecular complexity index is 249. The van der Waals surface area contributed by atoms with Gasteiger partial charge in [0.2, 0.25) is 0 Å². The first-order valence-electron chi connectivity index (χ1n) is 6.23. The molecular weight excluding hydrogens is 188 g/mol. The summed E-state index contributed by atoms with van der Waals surface area (Å²) in [7, 11) is 1.78. The van der Waals surface area contributed by atoms with Gasteiger partial charge in [0.25, 0.3) is 0 Å². The van der Waals surface area contributed by atoms with Gasteiger partial charge in [0.05, 0.1) is 6.10 Å². The van der Waals surface area contributed by atoms with Crippen LogP contribution in [0.3, 0.4) is 0 Å². The molecule has 1 unspecified atom stereocenters. The van der Waals surface area contributed by atoms with Crippen molar-refractivity contribution in [3.63, 3.8) is 0 Å². The summed E-state index contributed by atoms with van der Waals surface area (Å²) in [6.07, 6.45) is 8.01. The molecule has 2 fully saturated rings. The van der Waals surface area contributed by atoms with Crippen LogP contribution in [-0.4, -0.2) is 19.0 Å². The van der Waals surface area contributed by atoms with Gasteiger partial charge in [0.15, 0.2) is 0 Å². The van der Waals surface area contributed by atoms with Crippen molar-refractivity contribution >= 4 is 5.78 Å². The molecule has 2 nitrogen and oxygen atoms in total. The van der Waals surface area contributed by atoms with Gasteiger partial charge in [0.1, 0.15) is 5.78 Å². The molecule has 0 heterocycles. The third-order valence-electron chi connectivity index (χ3n) is 4.53. The SMILES string of the molecule is COC1C[C@H]2CCCCCC(=O)[C@@]2(C)C1. The standard InChI is InChI=1S/C13H22O2/c1-13-9-11(15-2)8-10(13)6-4-3-5-7-12(13)14/h10-11H,3-9H2,1-2H3/t10-,11?,13+/m1/s1. The van der Waals surface area contributed by atoms with E-state index in [9.17, 15) is 4.79 Å². The van der Waals surface area contributed by atoms with Crippen LogP contribution < -0.4 is 0 Å². The van der Waals surface area contributed by atoms with Crippen LogP contribution in [0.15, 0.2) is 0 Å². The molecule has 86 valence electrons. The predicted octanol–water partition coefficient (Wildman–Crippen LogP) is 2.95. The highest BCUT2D eigenvalue weighted by atomic mass is 16.5. The molecule has 15 heavy (non-hydrogen) atoms. The molecule has 0 radical (unpaired) electrons. The maximum atomic E-state index is 12.2. The number of methoxy groups -OCH3 is 1. The number of ether oxygens (including phenoxy) is 1. The molecule has 2 saturated carbocycles. The van der Waals surface area contributed by atoms with Gasteiger partial charge in [-0.2, -0.15) is 0 Å². The lowest BCUT2D eigenvalue weighted by Crippen LogP contribution is -2.33. The maximum Gasteiger partial charge on any atom is 0.139 e. The van der Waals surface area contributed by atoms with Crippen molar-refractivity contribution in [3.8, 4) is 0 Å². The van der Waals surface area contributed by atoms with Gasteiger partial charge in [0, 0.05) is 18.9 Å². The average Bonchev–Trinajstić information content (AvgIpc) is 2.54. The molecule has 2 aliphatic carbocycles. The minimum absolute atomic E-state index is 0.0684. The molecule has 2 rings (SSSR count). The lowest BCUT2D eigenvalue weighted by molar-refractivity contribution is -0.130. The normalized spacial score (nSPS) is 42.1. The van der Waals surface area contributed by atoms with Gasteiger partial charge in [-0.15, -0.1) is 0 Å². The van der Waals surface area contributed by atoms with Crippen LogP contribution in [0.5, 0.6) is 0 Å². The largest absolute Gasteiger partial charge is 0.381 e. The minimum atomic E-state index is -0.0684.